The van der Waals surface area contributed by atoms with E-state index in [0.717, 1.165) is 31.4 Å². The number of amides is 3. The predicted molar refractivity (Wildman–Crippen MR) is 155 cm³/mol. The molecular formula is C30H47ClN4O3. The van der Waals surface area contributed by atoms with Gasteiger partial charge in [0.2, 0.25) is 17.7 Å². The summed E-state index contributed by atoms with van der Waals surface area (Å²) in [6, 6.07) is 6.44. The summed E-state index contributed by atoms with van der Waals surface area (Å²) in [6.45, 7) is 15.2. The van der Waals surface area contributed by atoms with Gasteiger partial charge in [-0.15, -0.1) is 0 Å². The van der Waals surface area contributed by atoms with Crippen molar-refractivity contribution in [3.8, 4) is 0 Å². The molecule has 1 aliphatic heterocycles. The first-order valence-corrected chi connectivity index (χ1v) is 14.2. The van der Waals surface area contributed by atoms with Crippen molar-refractivity contribution in [2.24, 2.45) is 11.8 Å². The lowest BCUT2D eigenvalue weighted by atomic mass is 9.95. The highest BCUT2D eigenvalue weighted by Crippen LogP contribution is 2.21. The molecule has 2 N–H and O–H groups in total. The van der Waals surface area contributed by atoms with Crippen molar-refractivity contribution in [3.63, 3.8) is 0 Å². The third kappa shape index (κ3) is 8.84. The van der Waals surface area contributed by atoms with Gasteiger partial charge in [-0.3, -0.25) is 19.3 Å². The van der Waals surface area contributed by atoms with Crippen LogP contribution >= 0.6 is 11.6 Å². The topological polar surface area (TPSA) is 81.8 Å². The van der Waals surface area contributed by atoms with Crippen LogP contribution in [-0.2, 0) is 20.9 Å². The van der Waals surface area contributed by atoms with Crippen molar-refractivity contribution >= 4 is 29.3 Å². The number of carbonyl (C=O) groups excluding carboxylic acids is 3. The number of benzene rings is 1. The van der Waals surface area contributed by atoms with Crippen molar-refractivity contribution < 1.29 is 14.4 Å². The van der Waals surface area contributed by atoms with Gasteiger partial charge in [0.15, 0.2) is 0 Å². The number of halogens is 1. The normalized spacial score (nSPS) is 18.4. The van der Waals surface area contributed by atoms with Crippen molar-refractivity contribution in [2.45, 2.75) is 98.4 Å². The Hall–Kier alpha value is -2.38. The van der Waals surface area contributed by atoms with E-state index in [1.165, 1.54) is 0 Å². The van der Waals surface area contributed by atoms with Crippen molar-refractivity contribution in [2.75, 3.05) is 13.6 Å². The van der Waals surface area contributed by atoms with Gasteiger partial charge in [-0.05, 0) is 69.7 Å². The summed E-state index contributed by atoms with van der Waals surface area (Å²) in [4.78, 5) is 43.8. The molecule has 1 unspecified atom stereocenters. The van der Waals surface area contributed by atoms with E-state index >= 15 is 0 Å². The van der Waals surface area contributed by atoms with E-state index in [-0.39, 0.29) is 47.7 Å². The SMILES string of the molecule is CC(=C[C@H](C(C)C)N(C)C(=O)[C@@H](NC(=O)C1CCCCN1C(C)C)C(C)C)C(=O)NCc1ccc(Cl)cc1. The predicted octanol–water partition coefficient (Wildman–Crippen LogP) is 4.79. The van der Waals surface area contributed by atoms with Gasteiger partial charge in [0.25, 0.3) is 0 Å². The molecule has 2 rings (SSSR count). The largest absolute Gasteiger partial charge is 0.348 e. The van der Waals surface area contributed by atoms with Gasteiger partial charge in [0.1, 0.15) is 6.04 Å². The molecular weight excluding hydrogens is 500 g/mol. The van der Waals surface area contributed by atoms with Crippen LogP contribution < -0.4 is 10.6 Å². The van der Waals surface area contributed by atoms with Crippen LogP contribution in [0, 0.1) is 11.8 Å². The Labute approximate surface area is 234 Å². The third-order valence-electron chi connectivity index (χ3n) is 7.36. The summed E-state index contributed by atoms with van der Waals surface area (Å²) in [7, 11) is 1.75. The molecule has 1 saturated heterocycles. The maximum Gasteiger partial charge on any atom is 0.246 e. The number of likely N-dealkylation sites (N-methyl/N-ethyl adjacent to an activating group) is 1. The summed E-state index contributed by atoms with van der Waals surface area (Å²) in [5.41, 5.74) is 1.49. The number of piperidine rings is 1. The average molecular weight is 547 g/mol. The molecule has 212 valence electrons. The Morgan fingerprint density at radius 3 is 2.24 bits per heavy atom. The minimum atomic E-state index is -0.642. The molecule has 38 heavy (non-hydrogen) atoms. The Morgan fingerprint density at radius 1 is 1.05 bits per heavy atom. The molecule has 0 spiro atoms. The first-order valence-electron chi connectivity index (χ1n) is 13.9. The van der Waals surface area contributed by atoms with E-state index in [0.29, 0.717) is 17.1 Å². The van der Waals surface area contributed by atoms with Gasteiger partial charge in [0.05, 0.1) is 12.1 Å². The second-order valence-corrected chi connectivity index (χ2v) is 11.9. The minimum absolute atomic E-state index is 0.0706. The second kappa shape index (κ2) is 14.7. The minimum Gasteiger partial charge on any atom is -0.348 e. The zero-order valence-corrected chi connectivity index (χ0v) is 25.1. The second-order valence-electron chi connectivity index (χ2n) is 11.4. The van der Waals surface area contributed by atoms with Gasteiger partial charge in [0, 0.05) is 30.2 Å². The lowest BCUT2D eigenvalue weighted by Crippen LogP contribution is -2.58. The molecule has 1 aromatic carbocycles. The number of hydrogen-bond acceptors (Lipinski definition) is 4. The van der Waals surface area contributed by atoms with Gasteiger partial charge < -0.3 is 15.5 Å². The summed E-state index contributed by atoms with van der Waals surface area (Å²) in [5, 5.41) is 6.66. The Bertz CT molecular complexity index is 974. The summed E-state index contributed by atoms with van der Waals surface area (Å²) in [5.74, 6) is -0.420. The fourth-order valence-electron chi connectivity index (χ4n) is 4.99. The van der Waals surface area contributed by atoms with E-state index in [1.54, 1.807) is 31.0 Å². The highest BCUT2D eigenvalue weighted by atomic mass is 35.5. The summed E-state index contributed by atoms with van der Waals surface area (Å²) < 4.78 is 0. The number of likely N-dealkylation sites (tertiary alicyclic amines) is 1. The van der Waals surface area contributed by atoms with E-state index in [2.05, 4.69) is 29.4 Å². The zero-order valence-electron chi connectivity index (χ0n) is 24.4. The molecule has 8 heteroatoms. The molecule has 7 nitrogen and oxygen atoms in total. The van der Waals surface area contributed by atoms with Crippen molar-refractivity contribution in [1.82, 2.24) is 20.4 Å². The van der Waals surface area contributed by atoms with Crippen LogP contribution in [0.2, 0.25) is 5.02 Å². The lowest BCUT2D eigenvalue weighted by molar-refractivity contribution is -0.140. The molecule has 1 aromatic rings. The molecule has 0 aromatic heterocycles. The highest BCUT2D eigenvalue weighted by molar-refractivity contribution is 6.30. The van der Waals surface area contributed by atoms with Gasteiger partial charge >= 0.3 is 0 Å². The molecule has 0 saturated carbocycles. The Morgan fingerprint density at radius 2 is 1.68 bits per heavy atom. The smallest absolute Gasteiger partial charge is 0.246 e. The van der Waals surface area contributed by atoms with Crippen LogP contribution in [0.25, 0.3) is 0 Å². The van der Waals surface area contributed by atoms with Crippen molar-refractivity contribution in [3.05, 3.63) is 46.5 Å². The number of hydrogen-bond donors (Lipinski definition) is 2. The van der Waals surface area contributed by atoms with Crippen LogP contribution in [0.4, 0.5) is 0 Å². The van der Waals surface area contributed by atoms with Gasteiger partial charge in [-0.25, -0.2) is 0 Å². The fraction of sp³-hybridized carbons (Fsp3) is 0.633. The van der Waals surface area contributed by atoms with Crippen molar-refractivity contribution in [1.29, 1.82) is 0 Å². The monoisotopic (exact) mass is 546 g/mol. The molecule has 0 radical (unpaired) electrons. The molecule has 3 amide bonds. The highest BCUT2D eigenvalue weighted by Gasteiger charge is 2.36. The first-order chi connectivity index (χ1) is 17.8. The Kier molecular flexibility index (Phi) is 12.3. The summed E-state index contributed by atoms with van der Waals surface area (Å²) >= 11 is 5.94. The standard InChI is InChI=1S/C30H47ClN4O3/c1-19(2)26(17-22(7)28(36)32-18-23-12-14-24(31)15-13-23)34(8)30(38)27(20(3)4)33-29(37)25-11-9-10-16-35(25)21(5)6/h12-15,17,19-21,25-27H,9-11,16,18H2,1-8H3,(H,32,36)(H,33,37)/t25?,26-,27+/m1/s1. The van der Waals surface area contributed by atoms with Crippen LogP contribution in [0.5, 0.6) is 0 Å². The number of carbonyl (C=O) groups is 3. The van der Waals surface area contributed by atoms with E-state index < -0.39 is 6.04 Å². The van der Waals surface area contributed by atoms with E-state index in [9.17, 15) is 14.4 Å². The van der Waals surface area contributed by atoms with E-state index in [1.807, 2.05) is 45.9 Å². The molecule has 1 aliphatic rings. The fourth-order valence-corrected chi connectivity index (χ4v) is 5.12. The van der Waals surface area contributed by atoms with Crippen LogP contribution in [-0.4, -0.2) is 65.3 Å². The lowest BCUT2D eigenvalue weighted by Gasteiger charge is -2.39. The molecule has 3 atom stereocenters. The molecule has 1 heterocycles. The van der Waals surface area contributed by atoms with Gasteiger partial charge in [-0.1, -0.05) is 63.9 Å². The first kappa shape index (κ1) is 31.8. The zero-order chi connectivity index (χ0) is 28.6. The number of nitrogens with one attached hydrogen (secondary N) is 2. The van der Waals surface area contributed by atoms with Crippen LogP contribution in [0.1, 0.15) is 73.3 Å². The maximum atomic E-state index is 13.7. The number of rotatable bonds is 11. The Balaban J connectivity index is 2.13. The maximum absolute atomic E-state index is 13.7. The molecule has 0 bridgehead atoms. The van der Waals surface area contributed by atoms with Crippen LogP contribution in [0.15, 0.2) is 35.9 Å². The van der Waals surface area contributed by atoms with Crippen LogP contribution in [0.3, 0.4) is 0 Å². The van der Waals surface area contributed by atoms with E-state index in [4.69, 9.17) is 11.6 Å². The molecule has 1 fully saturated rings. The van der Waals surface area contributed by atoms with Gasteiger partial charge in [-0.2, -0.15) is 0 Å². The molecule has 0 aliphatic carbocycles. The average Bonchev–Trinajstić information content (AvgIpc) is 2.88. The quantitative estimate of drug-likeness (QED) is 0.391. The summed E-state index contributed by atoms with van der Waals surface area (Å²) in [6.07, 6.45) is 4.76. The third-order valence-corrected chi connectivity index (χ3v) is 7.62. The number of nitrogens with zero attached hydrogens (tertiary/aromatic N) is 2.